The number of ether oxygens (including phenoxy) is 2. The number of carbonyl (C=O) groups excluding carboxylic acids is 2. The monoisotopic (exact) mass is 278 g/mol. The Hall–Kier alpha value is -1.34. The van der Waals surface area contributed by atoms with Crippen molar-refractivity contribution in [1.29, 1.82) is 0 Å². The number of amides is 2. The molecule has 0 saturated carbocycles. The molecule has 0 aromatic heterocycles. The van der Waals surface area contributed by atoms with Crippen molar-refractivity contribution in [3.8, 4) is 0 Å². The van der Waals surface area contributed by atoms with Crippen molar-refractivity contribution in [1.82, 2.24) is 10.6 Å². The summed E-state index contributed by atoms with van der Waals surface area (Å²) in [6.45, 7) is 5.29. The number of aliphatic hydroxyl groups excluding tert-OH is 1. The van der Waals surface area contributed by atoms with Crippen molar-refractivity contribution in [2.24, 2.45) is 0 Å². The van der Waals surface area contributed by atoms with Crippen molar-refractivity contribution in [3.63, 3.8) is 0 Å². The molecule has 0 fully saturated rings. The van der Waals surface area contributed by atoms with Gasteiger partial charge in [-0.05, 0) is 20.8 Å². The van der Waals surface area contributed by atoms with Crippen LogP contribution in [0, 0.1) is 0 Å². The third-order valence-electron chi connectivity index (χ3n) is 1.80. The standard InChI is InChI=1S/C11H22N2O5.CH4/c1-11(2,3)18-10(16)13-8(7-14)9(15)12-5-6-17-4;/h8,14H,5-7H2,1-4H3,(H,12,15)(H,13,16);1H4. The van der Waals surface area contributed by atoms with Gasteiger partial charge >= 0.3 is 6.09 Å². The molecule has 0 heterocycles. The van der Waals surface area contributed by atoms with Crippen LogP contribution in [-0.4, -0.2) is 55.6 Å². The molecule has 3 N–H and O–H groups in total. The van der Waals surface area contributed by atoms with Crippen LogP contribution in [0.1, 0.15) is 28.2 Å². The van der Waals surface area contributed by atoms with Gasteiger partial charge in [-0.25, -0.2) is 4.79 Å². The number of methoxy groups -OCH3 is 1. The Kier molecular flexibility index (Phi) is 10.1. The first-order valence-corrected chi connectivity index (χ1v) is 5.67. The van der Waals surface area contributed by atoms with Crippen molar-refractivity contribution < 1.29 is 24.2 Å². The summed E-state index contributed by atoms with van der Waals surface area (Å²) in [7, 11) is 1.51. The van der Waals surface area contributed by atoms with Gasteiger partial charge < -0.3 is 25.2 Å². The summed E-state index contributed by atoms with van der Waals surface area (Å²) in [5, 5.41) is 13.8. The van der Waals surface area contributed by atoms with Gasteiger partial charge in [-0.3, -0.25) is 4.79 Å². The molecule has 0 aliphatic heterocycles. The van der Waals surface area contributed by atoms with E-state index in [2.05, 4.69) is 10.6 Å². The number of nitrogens with one attached hydrogen (secondary N) is 2. The van der Waals surface area contributed by atoms with Gasteiger partial charge in [0.05, 0.1) is 13.2 Å². The lowest BCUT2D eigenvalue weighted by atomic mass is 10.2. The molecular formula is C12H26N2O5. The van der Waals surface area contributed by atoms with Gasteiger partial charge in [0.25, 0.3) is 0 Å². The molecule has 0 rings (SSSR count). The Labute approximate surface area is 114 Å². The summed E-state index contributed by atoms with van der Waals surface area (Å²) >= 11 is 0. The zero-order valence-corrected chi connectivity index (χ0v) is 11.3. The average Bonchev–Trinajstić information content (AvgIpc) is 2.23. The Balaban J connectivity index is 0. The molecule has 7 nitrogen and oxygen atoms in total. The van der Waals surface area contributed by atoms with Crippen molar-refractivity contribution in [2.75, 3.05) is 26.9 Å². The first kappa shape index (κ1) is 20.0. The van der Waals surface area contributed by atoms with Crippen molar-refractivity contribution in [2.45, 2.75) is 39.8 Å². The van der Waals surface area contributed by atoms with E-state index in [1.54, 1.807) is 20.8 Å². The minimum Gasteiger partial charge on any atom is -0.444 e. The van der Waals surface area contributed by atoms with Gasteiger partial charge in [-0.1, -0.05) is 7.43 Å². The van der Waals surface area contributed by atoms with E-state index in [1.807, 2.05) is 0 Å². The van der Waals surface area contributed by atoms with Crippen molar-refractivity contribution in [3.05, 3.63) is 0 Å². The van der Waals surface area contributed by atoms with Crippen LogP contribution in [0.3, 0.4) is 0 Å². The molecular weight excluding hydrogens is 252 g/mol. The highest BCUT2D eigenvalue weighted by atomic mass is 16.6. The Morgan fingerprint density at radius 3 is 2.32 bits per heavy atom. The zero-order chi connectivity index (χ0) is 14.2. The van der Waals surface area contributed by atoms with Crippen LogP contribution >= 0.6 is 0 Å². The van der Waals surface area contributed by atoms with Crippen LogP contribution in [0.15, 0.2) is 0 Å². The van der Waals surface area contributed by atoms with E-state index in [1.165, 1.54) is 7.11 Å². The third-order valence-corrected chi connectivity index (χ3v) is 1.80. The van der Waals surface area contributed by atoms with Gasteiger partial charge in [0.1, 0.15) is 11.6 Å². The lowest BCUT2D eigenvalue weighted by Gasteiger charge is -2.22. The molecule has 0 radical (unpaired) electrons. The minimum absolute atomic E-state index is 0. The molecule has 2 amide bonds. The molecule has 0 spiro atoms. The molecule has 0 aromatic carbocycles. The van der Waals surface area contributed by atoms with Crippen LogP contribution in [-0.2, 0) is 14.3 Å². The van der Waals surface area contributed by atoms with Gasteiger partial charge in [-0.15, -0.1) is 0 Å². The largest absolute Gasteiger partial charge is 0.444 e. The summed E-state index contributed by atoms with van der Waals surface area (Å²) in [4.78, 5) is 23.0. The number of hydrogen-bond donors (Lipinski definition) is 3. The summed E-state index contributed by atoms with van der Waals surface area (Å²) < 4.78 is 9.74. The van der Waals surface area contributed by atoms with Crippen LogP contribution in [0.25, 0.3) is 0 Å². The van der Waals surface area contributed by atoms with Crippen LogP contribution in [0.4, 0.5) is 4.79 Å². The molecule has 114 valence electrons. The smallest absolute Gasteiger partial charge is 0.408 e. The molecule has 0 bridgehead atoms. The molecule has 1 unspecified atom stereocenters. The van der Waals surface area contributed by atoms with Gasteiger partial charge in [0, 0.05) is 13.7 Å². The quantitative estimate of drug-likeness (QED) is 0.606. The topological polar surface area (TPSA) is 96.9 Å². The highest BCUT2D eigenvalue weighted by Crippen LogP contribution is 2.06. The number of rotatable bonds is 6. The normalized spacial score (nSPS) is 12.1. The molecule has 1 atom stereocenters. The van der Waals surface area contributed by atoms with E-state index < -0.39 is 30.3 Å². The molecule has 0 aliphatic rings. The molecule has 0 aromatic rings. The second kappa shape index (κ2) is 9.57. The molecule has 0 saturated heterocycles. The third kappa shape index (κ3) is 10.3. The van der Waals surface area contributed by atoms with E-state index in [4.69, 9.17) is 14.6 Å². The fourth-order valence-electron chi connectivity index (χ4n) is 1.04. The highest BCUT2D eigenvalue weighted by molar-refractivity contribution is 5.85. The van der Waals surface area contributed by atoms with Crippen LogP contribution < -0.4 is 10.6 Å². The van der Waals surface area contributed by atoms with Gasteiger partial charge in [-0.2, -0.15) is 0 Å². The lowest BCUT2D eigenvalue weighted by molar-refractivity contribution is -0.124. The zero-order valence-electron chi connectivity index (χ0n) is 11.3. The highest BCUT2D eigenvalue weighted by Gasteiger charge is 2.23. The number of aliphatic hydroxyl groups is 1. The first-order chi connectivity index (χ1) is 8.30. The predicted molar refractivity (Wildman–Crippen MR) is 71.9 cm³/mol. The maximum absolute atomic E-state index is 11.6. The van der Waals surface area contributed by atoms with E-state index in [0.29, 0.717) is 13.2 Å². The summed E-state index contributed by atoms with van der Waals surface area (Å²) in [5.74, 6) is -0.486. The number of alkyl carbamates (subject to hydrolysis) is 1. The molecule has 0 aliphatic carbocycles. The summed E-state index contributed by atoms with van der Waals surface area (Å²) in [5.41, 5.74) is -0.656. The molecule has 19 heavy (non-hydrogen) atoms. The Bertz CT molecular complexity index is 276. The predicted octanol–water partition coefficient (Wildman–Crippen LogP) is 0.271. The summed E-state index contributed by atoms with van der Waals surface area (Å²) in [6.07, 6.45) is -0.747. The fourth-order valence-corrected chi connectivity index (χ4v) is 1.04. The van der Waals surface area contributed by atoms with E-state index >= 15 is 0 Å². The lowest BCUT2D eigenvalue weighted by Crippen LogP contribution is -2.50. The van der Waals surface area contributed by atoms with E-state index in [-0.39, 0.29) is 7.43 Å². The Morgan fingerprint density at radius 2 is 1.89 bits per heavy atom. The van der Waals surface area contributed by atoms with E-state index in [0.717, 1.165) is 0 Å². The second-order valence-electron chi connectivity index (χ2n) is 4.67. The van der Waals surface area contributed by atoms with Crippen LogP contribution in [0.2, 0.25) is 0 Å². The Morgan fingerprint density at radius 1 is 1.32 bits per heavy atom. The second-order valence-corrected chi connectivity index (χ2v) is 4.67. The van der Waals surface area contributed by atoms with E-state index in [9.17, 15) is 9.59 Å². The van der Waals surface area contributed by atoms with Crippen molar-refractivity contribution >= 4 is 12.0 Å². The molecule has 7 heteroatoms. The maximum atomic E-state index is 11.6. The maximum Gasteiger partial charge on any atom is 0.408 e. The summed E-state index contributed by atoms with van der Waals surface area (Å²) in [6, 6.07) is -1.03. The van der Waals surface area contributed by atoms with Crippen LogP contribution in [0.5, 0.6) is 0 Å². The number of hydrogen-bond acceptors (Lipinski definition) is 5. The minimum atomic E-state index is -1.03. The van der Waals surface area contributed by atoms with Gasteiger partial charge in [0.15, 0.2) is 0 Å². The number of carbonyl (C=O) groups is 2. The average molecular weight is 278 g/mol. The fraction of sp³-hybridized carbons (Fsp3) is 0.833. The SMILES string of the molecule is C.COCCNC(=O)C(CO)NC(=O)OC(C)(C)C. The van der Waals surface area contributed by atoms with Gasteiger partial charge in [0.2, 0.25) is 5.91 Å². The first-order valence-electron chi connectivity index (χ1n) is 5.67.